The summed E-state index contributed by atoms with van der Waals surface area (Å²) in [4.78, 5) is 32.5. The largest absolute Gasteiger partial charge is 0.383 e. The quantitative estimate of drug-likeness (QED) is 0.428. The number of rotatable bonds is 6. The standard InChI is InChI=1S/C22H22ClN3O3S/c1-14-11-15-5-3-4-6-19(15)26(14)20(27)13-30-22-24-18-12-16(23)7-8-17(18)21(28)25(22)9-10-29-2/h3-8,12,14H,9-11,13H2,1-2H3. The molecule has 0 N–H and O–H groups in total. The van der Waals surface area contributed by atoms with E-state index in [0.29, 0.717) is 34.2 Å². The first-order chi connectivity index (χ1) is 14.5. The summed E-state index contributed by atoms with van der Waals surface area (Å²) in [5.41, 5.74) is 2.50. The Morgan fingerprint density at radius 1 is 1.30 bits per heavy atom. The van der Waals surface area contributed by atoms with Crippen LogP contribution in [0, 0.1) is 0 Å². The lowest BCUT2D eigenvalue weighted by molar-refractivity contribution is -0.116. The second-order valence-electron chi connectivity index (χ2n) is 7.24. The number of thioether (sulfide) groups is 1. The first kappa shape index (κ1) is 20.9. The van der Waals surface area contributed by atoms with Gasteiger partial charge in [0, 0.05) is 23.9 Å². The molecule has 1 aromatic heterocycles. The molecular weight excluding hydrogens is 422 g/mol. The lowest BCUT2D eigenvalue weighted by Gasteiger charge is -2.22. The van der Waals surface area contributed by atoms with Gasteiger partial charge in [-0.1, -0.05) is 41.6 Å². The van der Waals surface area contributed by atoms with Gasteiger partial charge in [0.25, 0.3) is 5.56 Å². The Hall–Kier alpha value is -2.35. The maximum atomic E-state index is 13.1. The highest BCUT2D eigenvalue weighted by atomic mass is 35.5. The Bertz CT molecular complexity index is 1160. The fraction of sp³-hybridized carbons (Fsp3) is 0.318. The third kappa shape index (κ3) is 3.97. The van der Waals surface area contributed by atoms with Crippen molar-refractivity contribution in [2.45, 2.75) is 31.1 Å². The topological polar surface area (TPSA) is 64.4 Å². The van der Waals surface area contributed by atoms with Crippen molar-refractivity contribution in [3.63, 3.8) is 0 Å². The van der Waals surface area contributed by atoms with Crippen LogP contribution >= 0.6 is 23.4 Å². The van der Waals surface area contributed by atoms with E-state index < -0.39 is 0 Å². The van der Waals surface area contributed by atoms with E-state index >= 15 is 0 Å². The number of anilines is 1. The van der Waals surface area contributed by atoms with Gasteiger partial charge in [0.1, 0.15) is 0 Å². The van der Waals surface area contributed by atoms with Crippen LogP contribution in [0.4, 0.5) is 5.69 Å². The number of hydrogen-bond acceptors (Lipinski definition) is 5. The van der Waals surface area contributed by atoms with Crippen molar-refractivity contribution in [1.29, 1.82) is 0 Å². The van der Waals surface area contributed by atoms with Crippen LogP contribution in [-0.4, -0.2) is 41.0 Å². The highest BCUT2D eigenvalue weighted by Crippen LogP contribution is 2.32. The molecule has 0 fully saturated rings. The highest BCUT2D eigenvalue weighted by molar-refractivity contribution is 7.99. The molecule has 0 spiro atoms. The second kappa shape index (κ2) is 8.79. The monoisotopic (exact) mass is 443 g/mol. The third-order valence-corrected chi connectivity index (χ3v) is 6.40. The summed E-state index contributed by atoms with van der Waals surface area (Å²) in [6.45, 7) is 2.78. The van der Waals surface area contributed by atoms with E-state index in [4.69, 9.17) is 16.3 Å². The number of nitrogens with zero attached hydrogens (tertiary/aromatic N) is 3. The van der Waals surface area contributed by atoms with Crippen molar-refractivity contribution in [3.05, 3.63) is 63.4 Å². The van der Waals surface area contributed by atoms with Gasteiger partial charge in [0.2, 0.25) is 5.91 Å². The molecule has 8 heteroatoms. The zero-order chi connectivity index (χ0) is 21.3. The molecule has 4 rings (SSSR count). The molecule has 2 aromatic carbocycles. The molecule has 0 radical (unpaired) electrons. The number of methoxy groups -OCH3 is 1. The molecule has 1 unspecified atom stereocenters. The highest BCUT2D eigenvalue weighted by Gasteiger charge is 2.30. The van der Waals surface area contributed by atoms with Crippen LogP contribution < -0.4 is 10.5 Å². The molecule has 1 aliphatic rings. The minimum Gasteiger partial charge on any atom is -0.383 e. The number of ether oxygens (including phenoxy) is 1. The predicted octanol–water partition coefficient (Wildman–Crippen LogP) is 3.77. The van der Waals surface area contributed by atoms with Crippen molar-refractivity contribution in [3.8, 4) is 0 Å². The first-order valence-corrected chi connectivity index (χ1v) is 11.1. The molecule has 0 saturated carbocycles. The molecule has 30 heavy (non-hydrogen) atoms. The first-order valence-electron chi connectivity index (χ1n) is 9.71. The number of para-hydroxylation sites is 1. The van der Waals surface area contributed by atoms with E-state index in [9.17, 15) is 9.59 Å². The van der Waals surface area contributed by atoms with Crippen LogP contribution in [0.3, 0.4) is 0 Å². The minimum atomic E-state index is -0.163. The summed E-state index contributed by atoms with van der Waals surface area (Å²) in [5, 5.41) is 1.49. The smallest absolute Gasteiger partial charge is 0.262 e. The van der Waals surface area contributed by atoms with Gasteiger partial charge in [-0.25, -0.2) is 4.98 Å². The van der Waals surface area contributed by atoms with Crippen molar-refractivity contribution in [1.82, 2.24) is 9.55 Å². The second-order valence-corrected chi connectivity index (χ2v) is 8.62. The number of carbonyl (C=O) groups excluding carboxylic acids is 1. The maximum absolute atomic E-state index is 13.1. The Morgan fingerprint density at radius 3 is 2.90 bits per heavy atom. The Kier molecular flexibility index (Phi) is 6.13. The zero-order valence-electron chi connectivity index (χ0n) is 16.8. The van der Waals surface area contributed by atoms with Gasteiger partial charge < -0.3 is 9.64 Å². The maximum Gasteiger partial charge on any atom is 0.262 e. The van der Waals surface area contributed by atoms with Crippen LogP contribution in [-0.2, 0) is 22.5 Å². The minimum absolute atomic E-state index is 0.00354. The van der Waals surface area contributed by atoms with Gasteiger partial charge in [0.05, 0.1) is 29.8 Å². The molecule has 0 saturated heterocycles. The van der Waals surface area contributed by atoms with Gasteiger partial charge in [-0.15, -0.1) is 0 Å². The van der Waals surface area contributed by atoms with Gasteiger partial charge in [0.15, 0.2) is 5.16 Å². The summed E-state index contributed by atoms with van der Waals surface area (Å²) in [5.74, 6) is 0.181. The van der Waals surface area contributed by atoms with E-state index in [2.05, 4.69) is 11.1 Å². The summed E-state index contributed by atoms with van der Waals surface area (Å²) in [6.07, 6.45) is 0.845. The predicted molar refractivity (Wildman–Crippen MR) is 121 cm³/mol. The fourth-order valence-corrected chi connectivity index (χ4v) is 4.86. The lowest BCUT2D eigenvalue weighted by atomic mass is 10.1. The summed E-state index contributed by atoms with van der Waals surface area (Å²) in [6, 6.07) is 13.1. The zero-order valence-corrected chi connectivity index (χ0v) is 18.4. The molecule has 1 atom stereocenters. The summed E-state index contributed by atoms with van der Waals surface area (Å²) in [7, 11) is 1.59. The van der Waals surface area contributed by atoms with E-state index in [1.54, 1.807) is 29.9 Å². The molecule has 6 nitrogen and oxygen atoms in total. The lowest BCUT2D eigenvalue weighted by Crippen LogP contribution is -2.37. The molecule has 1 amide bonds. The number of fused-ring (bicyclic) bond motifs is 2. The SMILES string of the molecule is COCCn1c(SCC(=O)N2c3ccccc3CC2C)nc2cc(Cl)ccc2c1=O. The van der Waals surface area contributed by atoms with Crippen LogP contribution in [0.2, 0.25) is 5.02 Å². The van der Waals surface area contributed by atoms with Crippen molar-refractivity contribution >= 4 is 45.9 Å². The normalized spacial score (nSPS) is 15.6. The molecule has 1 aliphatic heterocycles. The van der Waals surface area contributed by atoms with Crippen LogP contribution in [0.15, 0.2) is 52.4 Å². The van der Waals surface area contributed by atoms with E-state index in [-0.39, 0.29) is 23.3 Å². The summed E-state index contributed by atoms with van der Waals surface area (Å²) < 4.78 is 6.72. The Morgan fingerprint density at radius 2 is 2.10 bits per heavy atom. The number of aromatic nitrogens is 2. The molecule has 3 aromatic rings. The van der Waals surface area contributed by atoms with Crippen LogP contribution in [0.5, 0.6) is 0 Å². The summed E-state index contributed by atoms with van der Waals surface area (Å²) >= 11 is 7.35. The van der Waals surface area contributed by atoms with E-state index in [1.165, 1.54) is 17.3 Å². The number of carbonyl (C=O) groups is 1. The number of benzene rings is 2. The molecule has 2 heterocycles. The van der Waals surface area contributed by atoms with Gasteiger partial charge in [-0.3, -0.25) is 14.2 Å². The molecule has 0 aliphatic carbocycles. The van der Waals surface area contributed by atoms with Crippen molar-refractivity contribution in [2.75, 3.05) is 24.4 Å². The van der Waals surface area contributed by atoms with Crippen LogP contribution in [0.25, 0.3) is 10.9 Å². The van der Waals surface area contributed by atoms with E-state index in [1.807, 2.05) is 30.0 Å². The number of hydrogen-bond donors (Lipinski definition) is 0. The average molecular weight is 444 g/mol. The Labute approximate surface area is 183 Å². The van der Waals surface area contributed by atoms with Gasteiger partial charge in [-0.05, 0) is 43.2 Å². The van der Waals surface area contributed by atoms with E-state index in [0.717, 1.165) is 12.1 Å². The molecule has 156 valence electrons. The van der Waals surface area contributed by atoms with Crippen molar-refractivity contribution < 1.29 is 9.53 Å². The number of halogens is 1. The Balaban J connectivity index is 1.63. The van der Waals surface area contributed by atoms with Gasteiger partial charge in [-0.2, -0.15) is 0 Å². The number of amides is 1. The van der Waals surface area contributed by atoms with Gasteiger partial charge >= 0.3 is 0 Å². The van der Waals surface area contributed by atoms with Crippen molar-refractivity contribution in [2.24, 2.45) is 0 Å². The average Bonchev–Trinajstić information content (AvgIpc) is 3.07. The third-order valence-electron chi connectivity index (χ3n) is 5.20. The fourth-order valence-electron chi connectivity index (χ4n) is 3.81. The molecular formula is C22H22ClN3O3S. The molecule has 0 bridgehead atoms. The van der Waals surface area contributed by atoms with Crippen LogP contribution in [0.1, 0.15) is 12.5 Å².